The second kappa shape index (κ2) is 3.74. The van der Waals surface area contributed by atoms with Crippen molar-refractivity contribution in [1.29, 1.82) is 0 Å². The number of rotatable bonds is 3. The third kappa shape index (κ3) is 1.38. The summed E-state index contributed by atoms with van der Waals surface area (Å²) >= 11 is 0. The Kier molecular flexibility index (Phi) is 2.89. The molecular weight excluding hydrogens is 156 g/mol. The monoisotopic (exact) mass is 170 g/mol. The molecule has 0 amide bonds. The average Bonchev–Trinajstić information content (AvgIpc) is 2.17. The van der Waals surface area contributed by atoms with E-state index in [1.807, 2.05) is 6.08 Å². The molecule has 0 aromatic carbocycles. The predicted octanol–water partition coefficient (Wildman–Crippen LogP) is 1.46. The van der Waals surface area contributed by atoms with Gasteiger partial charge in [-0.05, 0) is 12.2 Å². The maximum atomic E-state index is 5.32. The first-order valence-corrected chi connectivity index (χ1v) is 3.83. The molecule has 1 heterocycles. The fourth-order valence-corrected chi connectivity index (χ4v) is 1.28. The van der Waals surface area contributed by atoms with Gasteiger partial charge in [0, 0.05) is 20.6 Å². The van der Waals surface area contributed by atoms with Crippen molar-refractivity contribution in [3.63, 3.8) is 0 Å². The Labute approximate surface area is 72.6 Å². The van der Waals surface area contributed by atoms with Crippen LogP contribution < -0.4 is 0 Å². The first kappa shape index (κ1) is 9.29. The van der Waals surface area contributed by atoms with Crippen LogP contribution in [0.15, 0.2) is 25.0 Å². The fraction of sp³-hybridized carbons (Fsp3) is 0.556. The van der Waals surface area contributed by atoms with Crippen LogP contribution in [-0.2, 0) is 14.2 Å². The van der Waals surface area contributed by atoms with Crippen molar-refractivity contribution >= 4 is 0 Å². The average molecular weight is 170 g/mol. The molecule has 1 aliphatic rings. The second-order valence-corrected chi connectivity index (χ2v) is 2.58. The highest BCUT2D eigenvalue weighted by Gasteiger charge is 2.39. The van der Waals surface area contributed by atoms with E-state index in [9.17, 15) is 0 Å². The maximum Gasteiger partial charge on any atom is 0.255 e. The Bertz CT molecular complexity index is 188. The number of methoxy groups -OCH3 is 2. The Morgan fingerprint density at radius 3 is 2.83 bits per heavy atom. The molecule has 0 saturated heterocycles. The van der Waals surface area contributed by atoms with Crippen molar-refractivity contribution in [3.8, 4) is 0 Å². The SMILES string of the molecule is C=CC1(OC)OC=CCC1OC. The molecule has 0 spiro atoms. The summed E-state index contributed by atoms with van der Waals surface area (Å²) < 4.78 is 15.8. The molecule has 0 aromatic heterocycles. The van der Waals surface area contributed by atoms with Crippen molar-refractivity contribution in [2.24, 2.45) is 0 Å². The normalized spacial score (nSPS) is 34.3. The summed E-state index contributed by atoms with van der Waals surface area (Å²) in [6, 6.07) is 0. The lowest BCUT2D eigenvalue weighted by atomic mass is 10.0. The van der Waals surface area contributed by atoms with Crippen molar-refractivity contribution < 1.29 is 14.2 Å². The summed E-state index contributed by atoms with van der Waals surface area (Å²) in [6.45, 7) is 3.66. The summed E-state index contributed by atoms with van der Waals surface area (Å²) in [4.78, 5) is 0. The van der Waals surface area contributed by atoms with Gasteiger partial charge in [0.25, 0.3) is 5.79 Å². The summed E-state index contributed by atoms with van der Waals surface area (Å²) in [6.07, 6.45) is 5.78. The highest BCUT2D eigenvalue weighted by molar-refractivity contribution is 5.03. The van der Waals surface area contributed by atoms with Crippen molar-refractivity contribution in [1.82, 2.24) is 0 Å². The molecule has 2 unspecified atom stereocenters. The van der Waals surface area contributed by atoms with Gasteiger partial charge in [-0.15, -0.1) is 0 Å². The summed E-state index contributed by atoms with van der Waals surface area (Å²) in [7, 11) is 3.21. The van der Waals surface area contributed by atoms with Gasteiger partial charge in [-0.1, -0.05) is 6.58 Å². The largest absolute Gasteiger partial charge is 0.464 e. The summed E-state index contributed by atoms with van der Waals surface area (Å²) in [5.41, 5.74) is 0. The van der Waals surface area contributed by atoms with E-state index < -0.39 is 5.79 Å². The van der Waals surface area contributed by atoms with Crippen LogP contribution in [0.2, 0.25) is 0 Å². The van der Waals surface area contributed by atoms with Crippen molar-refractivity contribution in [2.45, 2.75) is 18.3 Å². The van der Waals surface area contributed by atoms with Crippen LogP contribution in [0.5, 0.6) is 0 Å². The first-order valence-electron chi connectivity index (χ1n) is 3.83. The molecule has 0 bridgehead atoms. The second-order valence-electron chi connectivity index (χ2n) is 2.58. The van der Waals surface area contributed by atoms with Crippen LogP contribution >= 0.6 is 0 Å². The first-order chi connectivity index (χ1) is 5.79. The lowest BCUT2D eigenvalue weighted by Crippen LogP contribution is -2.46. The maximum absolute atomic E-state index is 5.32. The Balaban J connectivity index is 2.82. The molecule has 0 radical (unpaired) electrons. The van der Waals surface area contributed by atoms with E-state index in [4.69, 9.17) is 14.2 Å². The highest BCUT2D eigenvalue weighted by atomic mass is 16.7. The number of hydrogen-bond donors (Lipinski definition) is 0. The quantitative estimate of drug-likeness (QED) is 0.600. The van der Waals surface area contributed by atoms with Gasteiger partial charge >= 0.3 is 0 Å². The zero-order valence-corrected chi connectivity index (χ0v) is 7.45. The minimum Gasteiger partial charge on any atom is -0.464 e. The lowest BCUT2D eigenvalue weighted by molar-refractivity contribution is -0.224. The van der Waals surface area contributed by atoms with Crippen LogP contribution in [0.3, 0.4) is 0 Å². The van der Waals surface area contributed by atoms with E-state index in [-0.39, 0.29) is 6.10 Å². The van der Waals surface area contributed by atoms with Gasteiger partial charge in [-0.25, -0.2) is 0 Å². The third-order valence-corrected chi connectivity index (χ3v) is 2.04. The van der Waals surface area contributed by atoms with E-state index in [2.05, 4.69) is 6.58 Å². The molecule has 0 N–H and O–H groups in total. The van der Waals surface area contributed by atoms with Crippen LogP contribution in [0.1, 0.15) is 6.42 Å². The van der Waals surface area contributed by atoms with Crippen molar-refractivity contribution in [3.05, 3.63) is 25.0 Å². The molecule has 2 atom stereocenters. The van der Waals surface area contributed by atoms with Gasteiger partial charge in [0.05, 0.1) is 6.26 Å². The minimum absolute atomic E-state index is 0.120. The smallest absolute Gasteiger partial charge is 0.255 e. The van der Waals surface area contributed by atoms with Crippen LogP contribution in [0.25, 0.3) is 0 Å². The van der Waals surface area contributed by atoms with Gasteiger partial charge < -0.3 is 14.2 Å². The van der Waals surface area contributed by atoms with E-state index in [0.717, 1.165) is 6.42 Å². The number of hydrogen-bond acceptors (Lipinski definition) is 3. The molecule has 1 aliphatic heterocycles. The van der Waals surface area contributed by atoms with E-state index >= 15 is 0 Å². The standard InChI is InChI=1S/C9H14O3/c1-4-9(11-3)8(10-2)6-5-7-12-9/h4-5,7-8H,1,6H2,2-3H3. The van der Waals surface area contributed by atoms with Crippen molar-refractivity contribution in [2.75, 3.05) is 14.2 Å². The molecule has 3 nitrogen and oxygen atoms in total. The molecule has 12 heavy (non-hydrogen) atoms. The highest BCUT2D eigenvalue weighted by Crippen LogP contribution is 2.27. The molecule has 1 rings (SSSR count). The predicted molar refractivity (Wildman–Crippen MR) is 45.6 cm³/mol. The topological polar surface area (TPSA) is 27.7 Å². The van der Waals surface area contributed by atoms with Crippen LogP contribution in [0, 0.1) is 0 Å². The molecule has 0 fully saturated rings. The van der Waals surface area contributed by atoms with E-state index in [1.165, 1.54) is 0 Å². The van der Waals surface area contributed by atoms with E-state index in [1.54, 1.807) is 26.6 Å². The Morgan fingerprint density at radius 2 is 2.42 bits per heavy atom. The fourth-order valence-electron chi connectivity index (χ4n) is 1.28. The number of ether oxygens (including phenoxy) is 3. The molecule has 68 valence electrons. The zero-order valence-electron chi connectivity index (χ0n) is 7.45. The van der Waals surface area contributed by atoms with Gasteiger partial charge in [0.15, 0.2) is 0 Å². The molecule has 0 saturated carbocycles. The summed E-state index contributed by atoms with van der Waals surface area (Å²) in [5, 5.41) is 0. The Hall–Kier alpha value is -0.800. The molecule has 3 heteroatoms. The third-order valence-electron chi connectivity index (χ3n) is 2.04. The van der Waals surface area contributed by atoms with Gasteiger partial charge in [-0.3, -0.25) is 0 Å². The summed E-state index contributed by atoms with van der Waals surface area (Å²) in [5.74, 6) is -0.816. The minimum atomic E-state index is -0.816. The van der Waals surface area contributed by atoms with Crippen LogP contribution in [0.4, 0.5) is 0 Å². The van der Waals surface area contributed by atoms with Crippen LogP contribution in [-0.4, -0.2) is 26.1 Å². The zero-order chi connectivity index (χ0) is 9.03. The molecular formula is C9H14O3. The van der Waals surface area contributed by atoms with Gasteiger partial charge in [0.2, 0.25) is 0 Å². The molecule has 0 aromatic rings. The molecule has 0 aliphatic carbocycles. The van der Waals surface area contributed by atoms with E-state index in [0.29, 0.717) is 0 Å². The van der Waals surface area contributed by atoms with Gasteiger partial charge in [-0.2, -0.15) is 0 Å². The lowest BCUT2D eigenvalue weighted by Gasteiger charge is -2.36. The van der Waals surface area contributed by atoms with Gasteiger partial charge in [0.1, 0.15) is 6.10 Å². The Morgan fingerprint density at radius 1 is 1.67 bits per heavy atom.